The van der Waals surface area contributed by atoms with Crippen LogP contribution in [0.2, 0.25) is 0 Å². The van der Waals surface area contributed by atoms with Gasteiger partial charge in [0.25, 0.3) is 5.56 Å². The maximum atomic E-state index is 12.6. The Balaban J connectivity index is 1.28. The lowest BCUT2D eigenvalue weighted by atomic mass is 10.0. The minimum absolute atomic E-state index is 0.137. The van der Waals surface area contributed by atoms with E-state index < -0.39 is 5.97 Å². The Morgan fingerprint density at radius 2 is 1.65 bits per heavy atom. The van der Waals surface area contributed by atoms with E-state index in [1.807, 2.05) is 24.3 Å². The van der Waals surface area contributed by atoms with E-state index in [1.165, 1.54) is 11.1 Å². The summed E-state index contributed by atoms with van der Waals surface area (Å²) in [7, 11) is 0. The smallest absolute Gasteiger partial charge is 0.312 e. The van der Waals surface area contributed by atoms with Crippen LogP contribution in [-0.2, 0) is 22.4 Å². The van der Waals surface area contributed by atoms with Gasteiger partial charge in [-0.3, -0.25) is 14.4 Å². The van der Waals surface area contributed by atoms with Crippen LogP contribution in [0.25, 0.3) is 21.9 Å². The monoisotopic (exact) mass is 410 g/mol. The summed E-state index contributed by atoms with van der Waals surface area (Å²) in [5.41, 5.74) is 5.22. The molecule has 0 spiro atoms. The van der Waals surface area contributed by atoms with Crippen molar-refractivity contribution in [2.24, 2.45) is 0 Å². The molecule has 0 bridgehead atoms. The summed E-state index contributed by atoms with van der Waals surface area (Å²) < 4.78 is 5.21. The quantitative estimate of drug-likeness (QED) is 0.354. The number of H-pyrrole nitrogens is 1. The molecular weight excluding hydrogens is 392 g/mol. The third kappa shape index (κ3) is 3.53. The Morgan fingerprint density at radius 3 is 2.52 bits per heavy atom. The number of nitrogens with zero attached hydrogens (tertiary/aromatic N) is 1. The van der Waals surface area contributed by atoms with Crippen LogP contribution in [0, 0.1) is 0 Å². The van der Waals surface area contributed by atoms with Gasteiger partial charge >= 0.3 is 5.97 Å². The van der Waals surface area contributed by atoms with Crippen molar-refractivity contribution in [2.75, 3.05) is 6.61 Å². The minimum Gasteiger partial charge on any atom is -0.457 e. The number of rotatable bonds is 5. The summed E-state index contributed by atoms with van der Waals surface area (Å²) in [6, 6.07) is 20.7. The van der Waals surface area contributed by atoms with Gasteiger partial charge < -0.3 is 4.74 Å². The van der Waals surface area contributed by atoms with Crippen LogP contribution in [0.3, 0.4) is 0 Å². The number of Topliss-reactive ketones (excluding diaryl/α,β-unsaturated/α-hetero) is 1. The van der Waals surface area contributed by atoms with Crippen molar-refractivity contribution in [3.63, 3.8) is 0 Å². The van der Waals surface area contributed by atoms with E-state index in [1.54, 1.807) is 30.3 Å². The van der Waals surface area contributed by atoms with Gasteiger partial charge in [0, 0.05) is 10.9 Å². The van der Waals surface area contributed by atoms with Crippen molar-refractivity contribution < 1.29 is 14.3 Å². The second-order valence-electron chi connectivity index (χ2n) is 7.51. The summed E-state index contributed by atoms with van der Waals surface area (Å²) in [6.07, 6.45) is 0.719. The molecule has 1 N–H and O–H groups in total. The van der Waals surface area contributed by atoms with Crippen molar-refractivity contribution in [1.29, 1.82) is 0 Å². The fraction of sp³-hybridized carbons (Fsp3) is 0.120. The lowest BCUT2D eigenvalue weighted by molar-refractivity contribution is -0.141. The SMILES string of the molecule is O=C(Cc1n[nH]c(=O)c2ccccc12)OCC(=O)c1ccc2c(c1)-c1ccccc1C2. The number of hydrogen-bond acceptors (Lipinski definition) is 5. The minimum atomic E-state index is -0.579. The number of carbonyl (C=O) groups is 2. The standard InChI is InChI=1S/C25H18N2O4/c28-23(17-10-9-16-11-15-5-1-2-6-18(15)21(16)12-17)14-31-24(29)13-22-19-7-3-4-8-20(19)25(30)27-26-22/h1-10,12H,11,13-14H2,(H,27,30). The molecule has 1 aromatic heterocycles. The zero-order valence-corrected chi connectivity index (χ0v) is 16.6. The molecule has 0 unspecified atom stereocenters. The van der Waals surface area contributed by atoms with E-state index >= 15 is 0 Å². The highest BCUT2D eigenvalue weighted by molar-refractivity contribution is 6.00. The molecule has 0 saturated carbocycles. The second kappa shape index (κ2) is 7.65. The molecule has 152 valence electrons. The normalized spacial score (nSPS) is 11.7. The Labute approximate surface area is 177 Å². The highest BCUT2D eigenvalue weighted by Crippen LogP contribution is 2.36. The first-order valence-corrected chi connectivity index (χ1v) is 9.96. The largest absolute Gasteiger partial charge is 0.457 e. The summed E-state index contributed by atoms with van der Waals surface area (Å²) in [5.74, 6) is -0.843. The van der Waals surface area contributed by atoms with Crippen LogP contribution in [-0.4, -0.2) is 28.6 Å². The number of aromatic nitrogens is 2. The van der Waals surface area contributed by atoms with Gasteiger partial charge in [-0.05, 0) is 40.8 Å². The fourth-order valence-electron chi connectivity index (χ4n) is 4.02. The molecular formula is C25H18N2O4. The number of hydrogen-bond donors (Lipinski definition) is 1. The Kier molecular flexibility index (Phi) is 4.67. The van der Waals surface area contributed by atoms with Gasteiger partial charge in [-0.25, -0.2) is 5.10 Å². The van der Waals surface area contributed by atoms with E-state index in [2.05, 4.69) is 22.3 Å². The average molecular weight is 410 g/mol. The lowest BCUT2D eigenvalue weighted by Gasteiger charge is -2.07. The fourth-order valence-corrected chi connectivity index (χ4v) is 4.02. The molecule has 1 aliphatic carbocycles. The molecule has 4 aromatic rings. The van der Waals surface area contributed by atoms with Crippen LogP contribution >= 0.6 is 0 Å². The first kappa shape index (κ1) is 18.9. The molecule has 0 fully saturated rings. The van der Waals surface area contributed by atoms with Gasteiger partial charge in [0.1, 0.15) is 0 Å². The maximum Gasteiger partial charge on any atom is 0.312 e. The van der Waals surface area contributed by atoms with Crippen LogP contribution in [0.1, 0.15) is 27.2 Å². The summed E-state index contributed by atoms with van der Waals surface area (Å²) in [4.78, 5) is 36.8. The number of benzene rings is 3. The van der Waals surface area contributed by atoms with Crippen LogP contribution in [0.15, 0.2) is 71.5 Å². The van der Waals surface area contributed by atoms with E-state index in [0.717, 1.165) is 17.5 Å². The van der Waals surface area contributed by atoms with Gasteiger partial charge in [-0.15, -0.1) is 0 Å². The number of carbonyl (C=O) groups excluding carboxylic acids is 2. The Morgan fingerprint density at radius 1 is 0.903 bits per heavy atom. The zero-order chi connectivity index (χ0) is 21.4. The number of ketones is 1. The van der Waals surface area contributed by atoms with Crippen molar-refractivity contribution in [1.82, 2.24) is 10.2 Å². The Bertz CT molecular complexity index is 1400. The van der Waals surface area contributed by atoms with E-state index in [0.29, 0.717) is 22.0 Å². The first-order chi connectivity index (χ1) is 15.1. The topological polar surface area (TPSA) is 89.1 Å². The van der Waals surface area contributed by atoms with Crippen molar-refractivity contribution in [3.05, 3.63) is 99.5 Å². The summed E-state index contributed by atoms with van der Waals surface area (Å²) in [6.45, 7) is -0.347. The zero-order valence-electron chi connectivity index (χ0n) is 16.6. The van der Waals surface area contributed by atoms with Crippen molar-refractivity contribution in [2.45, 2.75) is 12.8 Å². The average Bonchev–Trinajstić information content (AvgIpc) is 3.17. The number of ether oxygens (including phenoxy) is 1. The number of fused-ring (bicyclic) bond motifs is 4. The third-order valence-corrected chi connectivity index (χ3v) is 5.57. The van der Waals surface area contributed by atoms with Gasteiger partial charge in [0.2, 0.25) is 0 Å². The van der Waals surface area contributed by atoms with E-state index in [4.69, 9.17) is 4.74 Å². The predicted octanol–water partition coefficient (Wildman–Crippen LogP) is 3.46. The van der Waals surface area contributed by atoms with Crippen LogP contribution in [0.5, 0.6) is 0 Å². The third-order valence-electron chi connectivity index (χ3n) is 5.57. The first-order valence-electron chi connectivity index (χ1n) is 9.96. The van der Waals surface area contributed by atoms with Crippen LogP contribution in [0.4, 0.5) is 0 Å². The van der Waals surface area contributed by atoms with Crippen molar-refractivity contribution in [3.8, 4) is 11.1 Å². The molecule has 0 radical (unpaired) electrons. The summed E-state index contributed by atoms with van der Waals surface area (Å²) >= 11 is 0. The van der Waals surface area contributed by atoms with Gasteiger partial charge in [-0.2, -0.15) is 5.10 Å². The summed E-state index contributed by atoms with van der Waals surface area (Å²) in [5, 5.41) is 7.40. The highest BCUT2D eigenvalue weighted by Gasteiger charge is 2.20. The molecule has 0 atom stereocenters. The maximum absolute atomic E-state index is 12.6. The molecule has 0 amide bonds. The molecule has 1 aliphatic rings. The van der Waals surface area contributed by atoms with E-state index in [9.17, 15) is 14.4 Å². The van der Waals surface area contributed by atoms with Gasteiger partial charge in [-0.1, -0.05) is 54.6 Å². The van der Waals surface area contributed by atoms with Gasteiger partial charge in [0.15, 0.2) is 12.4 Å². The van der Waals surface area contributed by atoms with Crippen molar-refractivity contribution >= 4 is 22.5 Å². The molecule has 6 heteroatoms. The molecule has 6 nitrogen and oxygen atoms in total. The second-order valence-corrected chi connectivity index (χ2v) is 7.51. The molecule has 3 aromatic carbocycles. The number of nitrogens with one attached hydrogen (secondary N) is 1. The molecule has 0 aliphatic heterocycles. The molecule has 1 heterocycles. The Hall–Kier alpha value is -4.06. The number of aromatic amines is 1. The predicted molar refractivity (Wildman–Crippen MR) is 116 cm³/mol. The van der Waals surface area contributed by atoms with E-state index in [-0.39, 0.29) is 24.4 Å². The van der Waals surface area contributed by atoms with Gasteiger partial charge in [0.05, 0.1) is 17.5 Å². The lowest BCUT2D eigenvalue weighted by Crippen LogP contribution is -2.18. The number of esters is 1. The van der Waals surface area contributed by atoms with Crippen LogP contribution < -0.4 is 5.56 Å². The molecule has 0 saturated heterocycles. The molecule has 5 rings (SSSR count). The highest BCUT2D eigenvalue weighted by atomic mass is 16.5. The molecule has 31 heavy (non-hydrogen) atoms.